The Morgan fingerprint density at radius 2 is 2.25 bits per heavy atom. The average molecular weight is 327 g/mol. The van der Waals surface area contributed by atoms with E-state index in [1.807, 2.05) is 0 Å². The molecule has 0 saturated heterocycles. The van der Waals surface area contributed by atoms with Gasteiger partial charge < -0.3 is 14.9 Å². The van der Waals surface area contributed by atoms with E-state index < -0.39 is 18.2 Å². The highest BCUT2D eigenvalue weighted by Gasteiger charge is 2.38. The number of carbonyl (C=O) groups excluding carboxylic acids is 1. The van der Waals surface area contributed by atoms with Gasteiger partial charge in [0.2, 0.25) is 5.95 Å². The molecule has 24 heavy (non-hydrogen) atoms. The predicted octanol–water partition coefficient (Wildman–Crippen LogP) is 3.14. The van der Waals surface area contributed by atoms with Crippen molar-refractivity contribution in [3.63, 3.8) is 0 Å². The summed E-state index contributed by atoms with van der Waals surface area (Å²) in [5, 5.41) is 0. The van der Waals surface area contributed by atoms with Gasteiger partial charge >= 0.3 is 5.97 Å². The Hall–Kier alpha value is -2.96. The first-order chi connectivity index (χ1) is 11.6. The van der Waals surface area contributed by atoms with Gasteiger partial charge in [-0.2, -0.15) is 0 Å². The maximum Gasteiger partial charge on any atom is 0.343 e. The zero-order chi connectivity index (χ0) is 16.7. The number of furan rings is 1. The highest BCUT2D eigenvalue weighted by Crippen LogP contribution is 2.40. The van der Waals surface area contributed by atoms with Crippen LogP contribution in [-0.4, -0.2) is 22.1 Å². The van der Waals surface area contributed by atoms with E-state index in [4.69, 9.17) is 14.9 Å². The summed E-state index contributed by atoms with van der Waals surface area (Å²) in [6.45, 7) is 0. The van der Waals surface area contributed by atoms with Crippen LogP contribution in [0, 0.1) is 0 Å². The molecule has 0 aromatic carbocycles. The highest BCUT2D eigenvalue weighted by molar-refractivity contribution is 5.99. The van der Waals surface area contributed by atoms with Crippen LogP contribution in [0.3, 0.4) is 0 Å². The third-order valence-corrected chi connectivity index (χ3v) is 4.08. The SMILES string of the molecule is Nc1nc(-c2ccco2)c2c(n1)C(CC1=CC=CCC1F)OC2=O. The Bertz CT molecular complexity index is 858. The zero-order valence-electron chi connectivity index (χ0n) is 12.6. The fourth-order valence-corrected chi connectivity index (χ4v) is 2.96. The molecular weight excluding hydrogens is 313 g/mol. The number of hydrogen-bond donors (Lipinski definition) is 1. The number of nitrogen functional groups attached to an aromatic ring is 1. The van der Waals surface area contributed by atoms with Gasteiger partial charge in [-0.1, -0.05) is 18.2 Å². The summed E-state index contributed by atoms with van der Waals surface area (Å²) in [4.78, 5) is 20.6. The van der Waals surface area contributed by atoms with Crippen LogP contribution < -0.4 is 5.73 Å². The second kappa shape index (κ2) is 5.59. The topological polar surface area (TPSA) is 91.2 Å². The van der Waals surface area contributed by atoms with Crippen LogP contribution >= 0.6 is 0 Å². The molecule has 4 rings (SSSR count). The van der Waals surface area contributed by atoms with Crippen molar-refractivity contribution in [1.29, 1.82) is 0 Å². The molecule has 2 unspecified atom stereocenters. The van der Waals surface area contributed by atoms with Crippen molar-refractivity contribution in [1.82, 2.24) is 9.97 Å². The van der Waals surface area contributed by atoms with E-state index in [0.717, 1.165) is 0 Å². The van der Waals surface area contributed by atoms with E-state index >= 15 is 0 Å². The van der Waals surface area contributed by atoms with Gasteiger partial charge in [-0.15, -0.1) is 0 Å². The third kappa shape index (κ3) is 2.38. The molecule has 2 atom stereocenters. The molecule has 122 valence electrons. The molecule has 0 radical (unpaired) electrons. The van der Waals surface area contributed by atoms with Gasteiger partial charge in [0.15, 0.2) is 5.76 Å². The molecule has 1 aliphatic heterocycles. The molecule has 2 aromatic rings. The van der Waals surface area contributed by atoms with Crippen LogP contribution in [0.25, 0.3) is 11.5 Å². The maximum absolute atomic E-state index is 14.0. The van der Waals surface area contributed by atoms with E-state index in [1.54, 1.807) is 30.4 Å². The zero-order valence-corrected chi connectivity index (χ0v) is 12.6. The van der Waals surface area contributed by atoms with Gasteiger partial charge in [-0.05, 0) is 17.7 Å². The van der Waals surface area contributed by atoms with E-state index in [1.165, 1.54) is 6.26 Å². The summed E-state index contributed by atoms with van der Waals surface area (Å²) in [6, 6.07) is 3.36. The maximum atomic E-state index is 14.0. The molecule has 2 aromatic heterocycles. The van der Waals surface area contributed by atoms with Crippen LogP contribution in [0.4, 0.5) is 10.3 Å². The Kier molecular flexibility index (Phi) is 3.41. The first-order valence-electron chi connectivity index (χ1n) is 7.55. The molecule has 6 nitrogen and oxygen atoms in total. The summed E-state index contributed by atoms with van der Waals surface area (Å²) in [7, 11) is 0. The molecule has 0 spiro atoms. The number of allylic oxidation sites excluding steroid dienone is 3. The molecule has 3 heterocycles. The number of ether oxygens (including phenoxy) is 1. The smallest absolute Gasteiger partial charge is 0.343 e. The largest absolute Gasteiger partial charge is 0.463 e. The van der Waals surface area contributed by atoms with Crippen LogP contribution in [0.1, 0.15) is 35.0 Å². The van der Waals surface area contributed by atoms with Crippen molar-refractivity contribution in [2.24, 2.45) is 0 Å². The first kappa shape index (κ1) is 14.6. The van der Waals surface area contributed by atoms with E-state index in [-0.39, 0.29) is 17.9 Å². The van der Waals surface area contributed by atoms with E-state index in [9.17, 15) is 9.18 Å². The number of esters is 1. The minimum atomic E-state index is -1.08. The van der Waals surface area contributed by atoms with Gasteiger partial charge in [-0.3, -0.25) is 0 Å². The number of cyclic esters (lactones) is 1. The van der Waals surface area contributed by atoms with Gasteiger partial charge in [0.05, 0.1) is 6.26 Å². The predicted molar refractivity (Wildman–Crippen MR) is 83.7 cm³/mol. The Morgan fingerprint density at radius 1 is 1.38 bits per heavy atom. The Labute approximate surface area is 136 Å². The lowest BCUT2D eigenvalue weighted by atomic mass is 9.95. The van der Waals surface area contributed by atoms with Crippen molar-refractivity contribution in [2.45, 2.75) is 25.1 Å². The molecule has 0 amide bonds. The normalized spacial score (nSPS) is 22.2. The van der Waals surface area contributed by atoms with E-state index in [0.29, 0.717) is 29.1 Å². The van der Waals surface area contributed by atoms with Crippen LogP contribution in [0.2, 0.25) is 0 Å². The van der Waals surface area contributed by atoms with Crippen molar-refractivity contribution in [3.05, 3.63) is 53.5 Å². The second-order valence-electron chi connectivity index (χ2n) is 5.64. The minimum Gasteiger partial charge on any atom is -0.463 e. The summed E-state index contributed by atoms with van der Waals surface area (Å²) >= 11 is 0. The van der Waals surface area contributed by atoms with Crippen LogP contribution in [-0.2, 0) is 4.74 Å². The van der Waals surface area contributed by atoms with Crippen molar-refractivity contribution < 1.29 is 18.3 Å². The number of aromatic nitrogens is 2. The number of nitrogens with zero attached hydrogens (tertiary/aromatic N) is 2. The fraction of sp³-hybridized carbons (Fsp3) is 0.235. The number of rotatable bonds is 3. The number of hydrogen-bond acceptors (Lipinski definition) is 6. The highest BCUT2D eigenvalue weighted by atomic mass is 19.1. The lowest BCUT2D eigenvalue weighted by Gasteiger charge is -2.17. The van der Waals surface area contributed by atoms with Gasteiger partial charge in [0, 0.05) is 12.8 Å². The second-order valence-corrected chi connectivity index (χ2v) is 5.64. The molecule has 0 fully saturated rings. The Balaban J connectivity index is 1.75. The summed E-state index contributed by atoms with van der Waals surface area (Å²) < 4.78 is 24.7. The van der Waals surface area contributed by atoms with E-state index in [2.05, 4.69) is 9.97 Å². The molecule has 7 heteroatoms. The molecule has 0 bridgehead atoms. The van der Waals surface area contributed by atoms with Crippen molar-refractivity contribution in [3.8, 4) is 11.5 Å². The minimum absolute atomic E-state index is 0.0118. The molecule has 1 aliphatic carbocycles. The summed E-state index contributed by atoms with van der Waals surface area (Å²) in [5.74, 6) is -0.136. The lowest BCUT2D eigenvalue weighted by molar-refractivity contribution is 0.0375. The van der Waals surface area contributed by atoms with Crippen LogP contribution in [0.15, 0.2) is 46.6 Å². The van der Waals surface area contributed by atoms with Crippen LogP contribution in [0.5, 0.6) is 0 Å². The van der Waals surface area contributed by atoms with Gasteiger partial charge in [0.25, 0.3) is 0 Å². The number of alkyl halides is 1. The van der Waals surface area contributed by atoms with Gasteiger partial charge in [0.1, 0.15) is 29.2 Å². The number of carbonyl (C=O) groups is 1. The molecular formula is C17H14FN3O3. The first-order valence-corrected chi connectivity index (χ1v) is 7.55. The monoisotopic (exact) mass is 327 g/mol. The summed E-state index contributed by atoms with van der Waals surface area (Å²) in [6.07, 6.45) is 5.54. The standard InChI is InChI=1S/C17H14FN3O3/c18-10-5-2-1-4-9(10)8-12-15-13(16(22)24-12)14(20-17(19)21-15)11-6-3-7-23-11/h1-4,6-7,10,12H,5,8H2,(H2,19,20,21). The third-order valence-electron chi connectivity index (χ3n) is 4.08. The molecule has 2 aliphatic rings. The number of fused-ring (bicyclic) bond motifs is 1. The molecule has 2 N–H and O–H groups in total. The molecule has 0 saturated carbocycles. The number of anilines is 1. The average Bonchev–Trinajstić information content (AvgIpc) is 3.18. The summed E-state index contributed by atoms with van der Waals surface area (Å²) in [5.41, 5.74) is 7.24. The quantitative estimate of drug-likeness (QED) is 0.871. The Morgan fingerprint density at radius 3 is 3.00 bits per heavy atom. The fourth-order valence-electron chi connectivity index (χ4n) is 2.96. The number of halogens is 1. The number of nitrogens with two attached hydrogens (primary N) is 1. The van der Waals surface area contributed by atoms with Crippen molar-refractivity contribution >= 4 is 11.9 Å². The lowest BCUT2D eigenvalue weighted by Crippen LogP contribution is -2.11. The van der Waals surface area contributed by atoms with Crippen molar-refractivity contribution in [2.75, 3.05) is 5.73 Å². The van der Waals surface area contributed by atoms with Gasteiger partial charge in [-0.25, -0.2) is 19.2 Å².